The summed E-state index contributed by atoms with van der Waals surface area (Å²) in [5.41, 5.74) is 0. The molecule has 0 amide bonds. The van der Waals surface area contributed by atoms with Gasteiger partial charge in [0.05, 0.1) is 0 Å². The lowest BCUT2D eigenvalue weighted by atomic mass is 10.2. The minimum Gasteiger partial charge on any atom is -0.332 e. The van der Waals surface area contributed by atoms with Crippen molar-refractivity contribution in [2.45, 2.75) is 44.2 Å². The molecule has 19 heavy (non-hydrogen) atoms. The van der Waals surface area contributed by atoms with Crippen LogP contribution in [-0.2, 0) is 15.6 Å². The first-order valence-corrected chi connectivity index (χ1v) is 8.93. The molecule has 0 bridgehead atoms. The van der Waals surface area contributed by atoms with E-state index in [4.69, 9.17) is 10.7 Å². The van der Waals surface area contributed by atoms with Gasteiger partial charge in [0.1, 0.15) is 5.82 Å². The van der Waals surface area contributed by atoms with Gasteiger partial charge in [-0.25, -0.2) is 13.4 Å². The van der Waals surface area contributed by atoms with Crippen LogP contribution in [0.4, 0.5) is 0 Å². The highest BCUT2D eigenvalue weighted by Gasteiger charge is 2.20. The summed E-state index contributed by atoms with van der Waals surface area (Å²) in [6, 6.07) is 0. The van der Waals surface area contributed by atoms with Crippen molar-refractivity contribution in [3.63, 3.8) is 0 Å². The largest absolute Gasteiger partial charge is 0.332 e. The van der Waals surface area contributed by atoms with Crippen LogP contribution >= 0.6 is 10.7 Å². The smallest absolute Gasteiger partial charge is 0.280 e. The van der Waals surface area contributed by atoms with Gasteiger partial charge in [0, 0.05) is 35.9 Å². The van der Waals surface area contributed by atoms with Crippen LogP contribution in [-0.4, -0.2) is 42.5 Å². The first-order valence-electron chi connectivity index (χ1n) is 6.62. The summed E-state index contributed by atoms with van der Waals surface area (Å²) >= 11 is 0. The Morgan fingerprint density at radius 2 is 1.95 bits per heavy atom. The Morgan fingerprint density at radius 3 is 2.47 bits per heavy atom. The van der Waals surface area contributed by atoms with Crippen LogP contribution in [0.1, 0.15) is 38.4 Å². The van der Waals surface area contributed by atoms with Crippen molar-refractivity contribution in [3.05, 3.63) is 12.0 Å². The molecule has 108 valence electrons. The number of likely N-dealkylation sites (tertiary alicyclic amines) is 1. The third-order valence-corrected chi connectivity index (χ3v) is 4.58. The quantitative estimate of drug-likeness (QED) is 0.781. The maximum absolute atomic E-state index is 11.4. The fourth-order valence-corrected chi connectivity index (χ4v) is 3.10. The van der Waals surface area contributed by atoms with Crippen molar-refractivity contribution >= 4 is 19.7 Å². The van der Waals surface area contributed by atoms with Gasteiger partial charge in [-0.2, -0.15) is 0 Å². The van der Waals surface area contributed by atoms with Crippen molar-refractivity contribution in [1.29, 1.82) is 0 Å². The van der Waals surface area contributed by atoms with Gasteiger partial charge in [0.2, 0.25) is 0 Å². The van der Waals surface area contributed by atoms with E-state index in [-0.39, 0.29) is 10.9 Å². The molecule has 0 aromatic carbocycles. The molecule has 0 atom stereocenters. The minimum absolute atomic E-state index is 0.0423. The molecule has 1 aromatic heterocycles. The van der Waals surface area contributed by atoms with E-state index in [9.17, 15) is 8.42 Å². The molecular weight excluding hydrogens is 286 g/mol. The number of imidazole rings is 1. The Labute approximate surface area is 119 Å². The Hall–Kier alpha value is -0.590. The molecule has 0 aliphatic carbocycles. The van der Waals surface area contributed by atoms with Crippen molar-refractivity contribution in [3.8, 4) is 0 Å². The van der Waals surface area contributed by atoms with Gasteiger partial charge in [0.15, 0.2) is 5.03 Å². The fraction of sp³-hybridized carbons (Fsp3) is 0.750. The van der Waals surface area contributed by atoms with E-state index in [1.165, 1.54) is 12.8 Å². The zero-order chi connectivity index (χ0) is 14.0. The molecule has 7 heteroatoms. The van der Waals surface area contributed by atoms with E-state index in [1.807, 2.05) is 18.4 Å². The maximum Gasteiger partial charge on any atom is 0.280 e. The van der Waals surface area contributed by atoms with Crippen LogP contribution in [0.2, 0.25) is 0 Å². The standard InChI is InChI=1S/C12H20ClN3O2S/c1-10(2)12-14-11(19(13,17)18)9-16(12)8-7-15-5-3-4-6-15/h9-10H,3-8H2,1-2H3. The summed E-state index contributed by atoms with van der Waals surface area (Å²) in [6.45, 7) is 7.95. The molecule has 1 fully saturated rings. The lowest BCUT2D eigenvalue weighted by Crippen LogP contribution is -2.24. The van der Waals surface area contributed by atoms with E-state index >= 15 is 0 Å². The van der Waals surface area contributed by atoms with Crippen molar-refractivity contribution in [2.24, 2.45) is 0 Å². The summed E-state index contributed by atoms with van der Waals surface area (Å²) in [4.78, 5) is 6.54. The zero-order valence-corrected chi connectivity index (χ0v) is 12.9. The third-order valence-electron chi connectivity index (χ3n) is 3.41. The first kappa shape index (κ1) is 14.8. The molecule has 1 aromatic rings. The summed E-state index contributed by atoms with van der Waals surface area (Å²) in [7, 11) is 1.61. The van der Waals surface area contributed by atoms with Crippen LogP contribution in [0.15, 0.2) is 11.2 Å². The molecular formula is C12H20ClN3O2S. The fourth-order valence-electron chi connectivity index (χ4n) is 2.42. The van der Waals surface area contributed by atoms with Gasteiger partial charge in [-0.15, -0.1) is 0 Å². The topological polar surface area (TPSA) is 55.2 Å². The highest BCUT2D eigenvalue weighted by Crippen LogP contribution is 2.20. The lowest BCUT2D eigenvalue weighted by molar-refractivity contribution is 0.319. The van der Waals surface area contributed by atoms with Crippen LogP contribution in [0.3, 0.4) is 0 Å². The highest BCUT2D eigenvalue weighted by molar-refractivity contribution is 8.13. The van der Waals surface area contributed by atoms with E-state index < -0.39 is 9.05 Å². The van der Waals surface area contributed by atoms with Crippen molar-refractivity contribution < 1.29 is 8.42 Å². The first-order chi connectivity index (χ1) is 8.88. The summed E-state index contributed by atoms with van der Waals surface area (Å²) < 4.78 is 24.6. The number of rotatable bonds is 5. The van der Waals surface area contributed by atoms with E-state index in [0.717, 1.165) is 32.0 Å². The molecule has 2 heterocycles. The molecule has 1 aliphatic rings. The minimum atomic E-state index is -3.75. The second-order valence-electron chi connectivity index (χ2n) is 5.27. The Balaban J connectivity index is 2.15. The van der Waals surface area contributed by atoms with Crippen LogP contribution < -0.4 is 0 Å². The van der Waals surface area contributed by atoms with Gasteiger partial charge >= 0.3 is 0 Å². The lowest BCUT2D eigenvalue weighted by Gasteiger charge is -2.16. The molecule has 0 spiro atoms. The van der Waals surface area contributed by atoms with Crippen molar-refractivity contribution in [2.75, 3.05) is 19.6 Å². The predicted molar refractivity (Wildman–Crippen MR) is 75.0 cm³/mol. The average Bonchev–Trinajstić information content (AvgIpc) is 2.94. The van der Waals surface area contributed by atoms with Crippen LogP contribution in [0.5, 0.6) is 0 Å². The van der Waals surface area contributed by atoms with E-state index in [2.05, 4.69) is 9.88 Å². The number of halogens is 1. The summed E-state index contributed by atoms with van der Waals surface area (Å²) in [5, 5.41) is -0.0423. The summed E-state index contributed by atoms with van der Waals surface area (Å²) in [5.74, 6) is 0.948. The van der Waals surface area contributed by atoms with Crippen molar-refractivity contribution in [1.82, 2.24) is 14.5 Å². The van der Waals surface area contributed by atoms with Crippen LogP contribution in [0.25, 0.3) is 0 Å². The Kier molecular flexibility index (Phi) is 4.53. The predicted octanol–water partition coefficient (Wildman–Crippen LogP) is 2.03. The van der Waals surface area contributed by atoms with Gasteiger partial charge in [-0.3, -0.25) is 0 Å². The van der Waals surface area contributed by atoms with Gasteiger partial charge in [-0.1, -0.05) is 13.8 Å². The van der Waals surface area contributed by atoms with Gasteiger partial charge in [-0.05, 0) is 25.9 Å². The monoisotopic (exact) mass is 305 g/mol. The van der Waals surface area contributed by atoms with E-state index in [0.29, 0.717) is 0 Å². The Morgan fingerprint density at radius 1 is 1.32 bits per heavy atom. The number of hydrogen-bond donors (Lipinski definition) is 0. The number of aromatic nitrogens is 2. The average molecular weight is 306 g/mol. The normalized spacial score (nSPS) is 17.5. The molecule has 0 saturated carbocycles. The Bertz CT molecular complexity index is 533. The number of hydrogen-bond acceptors (Lipinski definition) is 4. The molecule has 0 N–H and O–H groups in total. The maximum atomic E-state index is 11.4. The molecule has 5 nitrogen and oxygen atoms in total. The molecule has 1 aliphatic heterocycles. The second-order valence-corrected chi connectivity index (χ2v) is 7.78. The van der Waals surface area contributed by atoms with Gasteiger partial charge < -0.3 is 9.47 Å². The van der Waals surface area contributed by atoms with E-state index in [1.54, 1.807) is 6.20 Å². The zero-order valence-electron chi connectivity index (χ0n) is 11.3. The third kappa shape index (κ3) is 3.70. The molecule has 0 unspecified atom stereocenters. The summed E-state index contributed by atoms with van der Waals surface area (Å²) in [6.07, 6.45) is 4.05. The number of nitrogens with zero attached hydrogens (tertiary/aromatic N) is 3. The van der Waals surface area contributed by atoms with Gasteiger partial charge in [0.25, 0.3) is 9.05 Å². The highest BCUT2D eigenvalue weighted by atomic mass is 35.7. The molecule has 1 saturated heterocycles. The second kappa shape index (κ2) is 5.81. The van der Waals surface area contributed by atoms with Crippen LogP contribution in [0, 0.1) is 0 Å². The SMILES string of the molecule is CC(C)c1nc(S(=O)(=O)Cl)cn1CCN1CCCC1. The molecule has 2 rings (SSSR count). The molecule has 0 radical (unpaired) electrons.